The number of hydrogen-bond acceptors (Lipinski definition) is 7. The van der Waals surface area contributed by atoms with Crippen molar-refractivity contribution in [2.24, 2.45) is 0 Å². The van der Waals surface area contributed by atoms with Crippen molar-refractivity contribution in [1.29, 1.82) is 0 Å². The van der Waals surface area contributed by atoms with Gasteiger partial charge in [0.2, 0.25) is 0 Å². The number of benzene rings is 1. The number of methoxy groups -OCH3 is 1. The molecule has 0 unspecified atom stereocenters. The van der Waals surface area contributed by atoms with E-state index in [0.717, 1.165) is 10.5 Å². The van der Waals surface area contributed by atoms with Gasteiger partial charge in [-0.1, -0.05) is 30.3 Å². The van der Waals surface area contributed by atoms with E-state index in [1.54, 1.807) is 13.8 Å². The van der Waals surface area contributed by atoms with E-state index in [1.165, 1.54) is 7.11 Å². The van der Waals surface area contributed by atoms with Crippen molar-refractivity contribution in [2.45, 2.75) is 50.8 Å². The molecule has 28 heavy (non-hydrogen) atoms. The van der Waals surface area contributed by atoms with Gasteiger partial charge in [0, 0.05) is 23.8 Å². The molecular weight excluding hydrogens is 366 g/mol. The van der Waals surface area contributed by atoms with E-state index in [4.69, 9.17) is 18.9 Å². The third-order valence-electron chi connectivity index (χ3n) is 5.58. The highest BCUT2D eigenvalue weighted by Gasteiger charge is 2.55. The molecule has 4 rings (SSSR count). The number of nitrogens with zero attached hydrogens (tertiary/aromatic N) is 1. The fourth-order valence-electron chi connectivity index (χ4n) is 3.87. The zero-order chi connectivity index (χ0) is 20.0. The molecule has 0 aromatic heterocycles. The predicted octanol–water partition coefficient (Wildman–Crippen LogP) is 0.907. The molecule has 0 aliphatic carbocycles. The van der Waals surface area contributed by atoms with E-state index in [1.807, 2.05) is 30.3 Å². The number of fused-ring (bicyclic) bond motifs is 1. The highest BCUT2D eigenvalue weighted by atomic mass is 16.7. The molecule has 6 atom stereocenters. The van der Waals surface area contributed by atoms with Crippen molar-refractivity contribution in [1.82, 2.24) is 4.90 Å². The minimum atomic E-state index is -1.19. The third-order valence-corrected chi connectivity index (χ3v) is 5.58. The lowest BCUT2D eigenvalue weighted by atomic mass is 9.94. The minimum Gasteiger partial charge on any atom is -0.388 e. The first-order chi connectivity index (χ1) is 13.4. The molecule has 3 heterocycles. The van der Waals surface area contributed by atoms with Crippen LogP contribution in [0, 0.1) is 0 Å². The molecule has 1 aromatic rings. The van der Waals surface area contributed by atoms with Crippen LogP contribution in [-0.4, -0.2) is 66.2 Å². The number of amides is 2. The summed E-state index contributed by atoms with van der Waals surface area (Å²) in [4.78, 5) is 26.3. The van der Waals surface area contributed by atoms with Gasteiger partial charge < -0.3 is 24.1 Å². The molecule has 0 radical (unpaired) electrons. The molecular formula is C20H23NO7. The van der Waals surface area contributed by atoms with Gasteiger partial charge in [-0.05, 0) is 13.8 Å². The standard InChI is InChI=1S/C20H23NO7/c1-10-11(2)18(24)21(17(10)23)14-15(22)16-13(27-20(14)25-3)9-26-19(28-16)12-7-5-4-6-8-12/h4-8,13-16,19-20,22H,9H2,1-3H3/t13-,14-,15-,16-,19-,20-/m1/s1. The van der Waals surface area contributed by atoms with Gasteiger partial charge >= 0.3 is 0 Å². The third kappa shape index (κ3) is 2.98. The van der Waals surface area contributed by atoms with Crippen LogP contribution in [0.5, 0.6) is 0 Å². The number of aliphatic hydroxyl groups excluding tert-OH is 1. The fourth-order valence-corrected chi connectivity index (χ4v) is 3.87. The quantitative estimate of drug-likeness (QED) is 0.768. The summed E-state index contributed by atoms with van der Waals surface area (Å²) in [6.45, 7) is 3.37. The van der Waals surface area contributed by atoms with Crippen LogP contribution in [0.25, 0.3) is 0 Å². The number of ether oxygens (including phenoxy) is 4. The second-order valence-corrected chi connectivity index (χ2v) is 7.17. The van der Waals surface area contributed by atoms with Gasteiger partial charge in [-0.15, -0.1) is 0 Å². The minimum absolute atomic E-state index is 0.187. The zero-order valence-electron chi connectivity index (χ0n) is 15.9. The second kappa shape index (κ2) is 7.38. The Kier molecular flexibility index (Phi) is 5.07. The highest BCUT2D eigenvalue weighted by molar-refractivity contribution is 6.19. The Labute approximate surface area is 162 Å². The van der Waals surface area contributed by atoms with Gasteiger partial charge in [0.25, 0.3) is 11.8 Å². The van der Waals surface area contributed by atoms with Crippen LogP contribution >= 0.6 is 0 Å². The molecule has 1 aromatic carbocycles. The molecule has 0 spiro atoms. The summed E-state index contributed by atoms with van der Waals surface area (Å²) in [6, 6.07) is 8.32. The lowest BCUT2D eigenvalue weighted by Gasteiger charge is -2.49. The van der Waals surface area contributed by atoms with Gasteiger partial charge in [0.15, 0.2) is 12.6 Å². The van der Waals surface area contributed by atoms with E-state index >= 15 is 0 Å². The number of rotatable bonds is 3. The van der Waals surface area contributed by atoms with Crippen molar-refractivity contribution < 1.29 is 33.6 Å². The smallest absolute Gasteiger partial charge is 0.257 e. The number of hydrogen-bond donors (Lipinski definition) is 1. The van der Waals surface area contributed by atoms with E-state index < -0.39 is 48.7 Å². The van der Waals surface area contributed by atoms with Crippen LogP contribution in [0.2, 0.25) is 0 Å². The lowest BCUT2D eigenvalue weighted by Crippen LogP contribution is -2.67. The van der Waals surface area contributed by atoms with Crippen molar-refractivity contribution in [3.05, 3.63) is 47.0 Å². The van der Waals surface area contributed by atoms with E-state index in [9.17, 15) is 14.7 Å². The topological polar surface area (TPSA) is 94.5 Å². The van der Waals surface area contributed by atoms with E-state index in [-0.39, 0.29) is 6.61 Å². The van der Waals surface area contributed by atoms with Gasteiger partial charge in [-0.25, -0.2) is 0 Å². The maximum Gasteiger partial charge on any atom is 0.257 e. The Morgan fingerprint density at radius 1 is 1.07 bits per heavy atom. The highest BCUT2D eigenvalue weighted by Crippen LogP contribution is 2.37. The molecule has 0 bridgehead atoms. The summed E-state index contributed by atoms with van der Waals surface area (Å²) >= 11 is 0. The monoisotopic (exact) mass is 389 g/mol. The molecule has 8 heteroatoms. The van der Waals surface area contributed by atoms with Crippen molar-refractivity contribution in [3.63, 3.8) is 0 Å². The van der Waals surface area contributed by atoms with Crippen LogP contribution in [0.1, 0.15) is 25.7 Å². The maximum atomic E-state index is 12.6. The molecule has 150 valence electrons. The van der Waals surface area contributed by atoms with E-state index in [2.05, 4.69) is 0 Å². The number of aliphatic hydroxyl groups is 1. The first-order valence-corrected chi connectivity index (χ1v) is 9.17. The molecule has 2 amide bonds. The van der Waals surface area contributed by atoms with Crippen LogP contribution in [0.3, 0.4) is 0 Å². The van der Waals surface area contributed by atoms with Gasteiger partial charge in [0.05, 0.1) is 6.61 Å². The van der Waals surface area contributed by atoms with Crippen molar-refractivity contribution in [2.75, 3.05) is 13.7 Å². The van der Waals surface area contributed by atoms with Crippen LogP contribution in [-0.2, 0) is 28.5 Å². The summed E-state index contributed by atoms with van der Waals surface area (Å²) in [5.41, 5.74) is 1.51. The normalized spacial score (nSPS) is 36.1. The van der Waals surface area contributed by atoms with Crippen LogP contribution in [0.15, 0.2) is 41.5 Å². The summed E-state index contributed by atoms with van der Waals surface area (Å²) in [6.07, 6.45) is -4.21. The Hall–Kier alpha value is -2.10. The zero-order valence-corrected chi connectivity index (χ0v) is 15.9. The predicted molar refractivity (Wildman–Crippen MR) is 95.7 cm³/mol. The van der Waals surface area contributed by atoms with Gasteiger partial charge in [0.1, 0.15) is 24.4 Å². The molecule has 8 nitrogen and oxygen atoms in total. The Morgan fingerprint density at radius 3 is 2.32 bits per heavy atom. The Balaban J connectivity index is 1.61. The van der Waals surface area contributed by atoms with Gasteiger partial charge in [-0.3, -0.25) is 14.5 Å². The maximum absolute atomic E-state index is 12.6. The van der Waals surface area contributed by atoms with Crippen LogP contribution in [0.4, 0.5) is 0 Å². The SMILES string of the molecule is CO[C@@H]1O[C@@H]2CO[C@@H](c3ccccc3)O[C@H]2[C@H](O)[C@H]1N1C(=O)C(C)=C(C)C1=O. The average molecular weight is 389 g/mol. The fraction of sp³-hybridized carbons (Fsp3) is 0.500. The largest absolute Gasteiger partial charge is 0.388 e. The Morgan fingerprint density at radius 2 is 1.71 bits per heavy atom. The Bertz CT molecular complexity index is 784. The number of carbonyl (C=O) groups is 2. The lowest BCUT2D eigenvalue weighted by molar-refractivity contribution is -0.347. The molecule has 3 aliphatic rings. The summed E-state index contributed by atoms with van der Waals surface area (Å²) in [5.74, 6) is -0.912. The van der Waals surface area contributed by atoms with Gasteiger partial charge in [-0.2, -0.15) is 0 Å². The first-order valence-electron chi connectivity index (χ1n) is 9.17. The summed E-state index contributed by atoms with van der Waals surface area (Å²) in [7, 11) is 1.40. The summed E-state index contributed by atoms with van der Waals surface area (Å²) in [5, 5.41) is 11.1. The van der Waals surface area contributed by atoms with Crippen molar-refractivity contribution >= 4 is 11.8 Å². The first kappa shape index (κ1) is 19.2. The summed E-state index contributed by atoms with van der Waals surface area (Å²) < 4.78 is 23.0. The van der Waals surface area contributed by atoms with E-state index in [0.29, 0.717) is 11.1 Å². The number of carbonyl (C=O) groups excluding carboxylic acids is 2. The second-order valence-electron chi connectivity index (χ2n) is 7.17. The van der Waals surface area contributed by atoms with Crippen molar-refractivity contribution in [3.8, 4) is 0 Å². The molecule has 2 fully saturated rings. The molecule has 3 aliphatic heterocycles. The molecule has 2 saturated heterocycles. The average Bonchev–Trinajstić information content (AvgIpc) is 2.91. The number of imide groups is 1. The molecule has 0 saturated carbocycles. The molecule has 1 N–H and O–H groups in total. The van der Waals surface area contributed by atoms with Crippen LogP contribution < -0.4 is 0 Å².